The second-order valence-electron chi connectivity index (χ2n) is 4.09. The maximum atomic E-state index is 4.34. The summed E-state index contributed by atoms with van der Waals surface area (Å²) in [7, 11) is 0. The zero-order valence-electron chi connectivity index (χ0n) is 10.3. The van der Waals surface area contributed by atoms with Gasteiger partial charge in [0.1, 0.15) is 0 Å². The van der Waals surface area contributed by atoms with E-state index in [0.717, 1.165) is 18.2 Å². The van der Waals surface area contributed by atoms with E-state index in [4.69, 9.17) is 0 Å². The summed E-state index contributed by atoms with van der Waals surface area (Å²) in [4.78, 5) is 4.34. The molecule has 0 saturated carbocycles. The van der Waals surface area contributed by atoms with Crippen LogP contribution < -0.4 is 5.32 Å². The van der Waals surface area contributed by atoms with E-state index in [2.05, 4.69) is 33.9 Å². The Morgan fingerprint density at radius 2 is 2.00 bits per heavy atom. The lowest BCUT2D eigenvalue weighted by Crippen LogP contribution is -2.07. The summed E-state index contributed by atoms with van der Waals surface area (Å²) in [5.74, 6) is 0.923. The molecule has 0 aliphatic carbocycles. The topological polar surface area (TPSA) is 29.9 Å². The molecular formula is C14H19N3. The molecule has 1 heterocycles. The number of unbranched alkanes of at least 4 members (excludes halogenated alkanes) is 2. The second kappa shape index (κ2) is 6.09. The monoisotopic (exact) mass is 229 g/mol. The second-order valence-corrected chi connectivity index (χ2v) is 4.09. The summed E-state index contributed by atoms with van der Waals surface area (Å²) in [6, 6.07) is 10.3. The van der Waals surface area contributed by atoms with Crippen molar-refractivity contribution in [3.05, 3.63) is 42.7 Å². The lowest BCUT2D eigenvalue weighted by Gasteiger charge is -2.09. The fraction of sp³-hybridized carbons (Fsp3) is 0.357. The highest BCUT2D eigenvalue weighted by molar-refractivity contribution is 5.41. The smallest absolute Gasteiger partial charge is 0.207 e. The van der Waals surface area contributed by atoms with Crippen molar-refractivity contribution in [1.29, 1.82) is 0 Å². The van der Waals surface area contributed by atoms with Gasteiger partial charge >= 0.3 is 0 Å². The van der Waals surface area contributed by atoms with Crippen LogP contribution >= 0.6 is 0 Å². The Balaban J connectivity index is 2.02. The first kappa shape index (κ1) is 11.7. The summed E-state index contributed by atoms with van der Waals surface area (Å²) < 4.78 is 2.08. The molecule has 0 fully saturated rings. The van der Waals surface area contributed by atoms with Crippen LogP contribution in [0.5, 0.6) is 0 Å². The molecule has 0 aliphatic heterocycles. The Bertz CT molecular complexity index is 434. The quantitative estimate of drug-likeness (QED) is 0.769. The fourth-order valence-electron chi connectivity index (χ4n) is 1.81. The van der Waals surface area contributed by atoms with E-state index in [1.54, 1.807) is 0 Å². The van der Waals surface area contributed by atoms with Crippen LogP contribution in [0.15, 0.2) is 42.7 Å². The fourth-order valence-corrected chi connectivity index (χ4v) is 1.81. The van der Waals surface area contributed by atoms with Gasteiger partial charge in [-0.25, -0.2) is 4.98 Å². The molecule has 0 aliphatic rings. The van der Waals surface area contributed by atoms with E-state index >= 15 is 0 Å². The van der Waals surface area contributed by atoms with E-state index in [-0.39, 0.29) is 0 Å². The number of nitrogens with one attached hydrogen (secondary N) is 1. The van der Waals surface area contributed by atoms with E-state index in [1.807, 2.05) is 30.6 Å². The first-order chi connectivity index (χ1) is 8.42. The molecule has 0 saturated heterocycles. The van der Waals surface area contributed by atoms with Crippen molar-refractivity contribution < 1.29 is 0 Å². The van der Waals surface area contributed by atoms with Gasteiger partial charge in [0.05, 0.1) is 0 Å². The normalized spacial score (nSPS) is 10.4. The molecule has 3 nitrogen and oxygen atoms in total. The van der Waals surface area contributed by atoms with E-state index < -0.39 is 0 Å². The predicted molar refractivity (Wildman–Crippen MR) is 71.6 cm³/mol. The summed E-state index contributed by atoms with van der Waals surface area (Å²) in [5.41, 5.74) is 1.14. The van der Waals surface area contributed by atoms with Gasteiger partial charge in [-0.1, -0.05) is 38.0 Å². The van der Waals surface area contributed by atoms with Crippen LogP contribution in [0.1, 0.15) is 26.2 Å². The maximum absolute atomic E-state index is 4.34. The highest BCUT2D eigenvalue weighted by atomic mass is 15.2. The van der Waals surface area contributed by atoms with Gasteiger partial charge < -0.3 is 5.32 Å². The lowest BCUT2D eigenvalue weighted by atomic mass is 10.2. The minimum absolute atomic E-state index is 0.923. The third kappa shape index (κ3) is 3.09. The van der Waals surface area contributed by atoms with Crippen LogP contribution in [0.25, 0.3) is 5.69 Å². The molecule has 17 heavy (non-hydrogen) atoms. The summed E-state index contributed by atoms with van der Waals surface area (Å²) >= 11 is 0. The molecular weight excluding hydrogens is 210 g/mol. The van der Waals surface area contributed by atoms with E-state index in [1.165, 1.54) is 19.3 Å². The van der Waals surface area contributed by atoms with Crippen molar-refractivity contribution >= 4 is 5.95 Å². The van der Waals surface area contributed by atoms with Crippen LogP contribution in [-0.4, -0.2) is 16.1 Å². The summed E-state index contributed by atoms with van der Waals surface area (Å²) in [6.45, 7) is 3.20. The molecule has 2 aromatic rings. The number of hydrogen-bond acceptors (Lipinski definition) is 2. The molecule has 0 amide bonds. The molecule has 1 aromatic heterocycles. The molecule has 2 rings (SSSR count). The van der Waals surface area contributed by atoms with E-state index in [9.17, 15) is 0 Å². The first-order valence-electron chi connectivity index (χ1n) is 6.24. The molecule has 0 radical (unpaired) electrons. The van der Waals surface area contributed by atoms with Gasteiger partial charge in [0.25, 0.3) is 0 Å². The molecule has 3 heteroatoms. The SMILES string of the molecule is CCCCCNc1nccn1-c1ccccc1. The minimum Gasteiger partial charge on any atom is -0.355 e. The summed E-state index contributed by atoms with van der Waals surface area (Å²) in [6.07, 6.45) is 7.51. The van der Waals surface area contributed by atoms with Gasteiger partial charge in [-0.15, -0.1) is 0 Å². The number of anilines is 1. The molecule has 0 bridgehead atoms. The number of rotatable bonds is 6. The molecule has 0 atom stereocenters. The molecule has 1 aromatic carbocycles. The Morgan fingerprint density at radius 1 is 1.18 bits per heavy atom. The third-order valence-corrected chi connectivity index (χ3v) is 2.74. The van der Waals surface area contributed by atoms with Crippen molar-refractivity contribution in [2.45, 2.75) is 26.2 Å². The van der Waals surface area contributed by atoms with Gasteiger partial charge in [0.15, 0.2) is 0 Å². The average Bonchev–Trinajstić information content (AvgIpc) is 2.84. The van der Waals surface area contributed by atoms with Gasteiger partial charge in [0.2, 0.25) is 5.95 Å². The van der Waals surface area contributed by atoms with Crippen LogP contribution in [0, 0.1) is 0 Å². The number of aromatic nitrogens is 2. The van der Waals surface area contributed by atoms with Crippen LogP contribution in [-0.2, 0) is 0 Å². The first-order valence-corrected chi connectivity index (χ1v) is 6.24. The number of nitrogens with zero attached hydrogens (tertiary/aromatic N) is 2. The third-order valence-electron chi connectivity index (χ3n) is 2.74. The highest BCUT2D eigenvalue weighted by Gasteiger charge is 2.02. The number of imidazole rings is 1. The largest absolute Gasteiger partial charge is 0.355 e. The standard InChI is InChI=1S/C14H19N3/c1-2-3-7-10-15-14-16-11-12-17(14)13-8-5-4-6-9-13/h4-6,8-9,11-12H,2-3,7,10H2,1H3,(H,15,16). The Hall–Kier alpha value is -1.77. The van der Waals surface area contributed by atoms with Crippen LogP contribution in [0.3, 0.4) is 0 Å². The molecule has 0 spiro atoms. The van der Waals surface area contributed by atoms with Gasteiger partial charge in [-0.3, -0.25) is 4.57 Å². The number of hydrogen-bond donors (Lipinski definition) is 1. The van der Waals surface area contributed by atoms with E-state index in [0.29, 0.717) is 0 Å². The van der Waals surface area contributed by atoms with Crippen molar-refractivity contribution in [3.63, 3.8) is 0 Å². The Labute approximate surface area is 103 Å². The van der Waals surface area contributed by atoms with Gasteiger partial charge in [-0.05, 0) is 18.6 Å². The predicted octanol–water partition coefficient (Wildman–Crippen LogP) is 3.47. The van der Waals surface area contributed by atoms with Crippen LogP contribution in [0.2, 0.25) is 0 Å². The summed E-state index contributed by atoms with van der Waals surface area (Å²) in [5, 5.41) is 3.38. The van der Waals surface area contributed by atoms with Crippen LogP contribution in [0.4, 0.5) is 5.95 Å². The zero-order chi connectivity index (χ0) is 11.9. The highest BCUT2D eigenvalue weighted by Crippen LogP contribution is 2.13. The van der Waals surface area contributed by atoms with Gasteiger partial charge in [-0.2, -0.15) is 0 Å². The van der Waals surface area contributed by atoms with Gasteiger partial charge in [0, 0.05) is 24.6 Å². The van der Waals surface area contributed by atoms with Crippen molar-refractivity contribution in [3.8, 4) is 5.69 Å². The lowest BCUT2D eigenvalue weighted by molar-refractivity contribution is 0.739. The van der Waals surface area contributed by atoms with Crippen molar-refractivity contribution in [2.75, 3.05) is 11.9 Å². The Morgan fingerprint density at radius 3 is 2.76 bits per heavy atom. The molecule has 1 N–H and O–H groups in total. The molecule has 90 valence electrons. The maximum Gasteiger partial charge on any atom is 0.207 e. The van der Waals surface area contributed by atoms with Crippen molar-refractivity contribution in [2.24, 2.45) is 0 Å². The number of para-hydroxylation sites is 1. The molecule has 0 unspecified atom stereocenters. The minimum atomic E-state index is 0.923. The zero-order valence-corrected chi connectivity index (χ0v) is 10.3. The Kier molecular flexibility index (Phi) is 4.19. The average molecular weight is 229 g/mol. The number of benzene rings is 1. The van der Waals surface area contributed by atoms with Crippen molar-refractivity contribution in [1.82, 2.24) is 9.55 Å².